The molecule has 0 aliphatic carbocycles. The number of hydrogen-bond acceptors (Lipinski definition) is 6. The van der Waals surface area contributed by atoms with E-state index in [2.05, 4.69) is 38.8 Å². The van der Waals surface area contributed by atoms with Gasteiger partial charge in [-0.3, -0.25) is 4.79 Å². The number of nitrogens with zero attached hydrogens (tertiary/aromatic N) is 5. The molecule has 0 N–H and O–H groups in total. The van der Waals surface area contributed by atoms with Gasteiger partial charge in [0.05, 0.1) is 7.11 Å². The van der Waals surface area contributed by atoms with E-state index in [0.717, 1.165) is 57.0 Å². The molecule has 1 aliphatic rings. The summed E-state index contributed by atoms with van der Waals surface area (Å²) in [6, 6.07) is 9.92. The van der Waals surface area contributed by atoms with Crippen molar-refractivity contribution in [3.63, 3.8) is 0 Å². The third-order valence-corrected chi connectivity index (χ3v) is 5.26. The first kappa shape index (κ1) is 20.9. The summed E-state index contributed by atoms with van der Waals surface area (Å²) in [6.07, 6.45) is 2.05. The van der Waals surface area contributed by atoms with Gasteiger partial charge >= 0.3 is 0 Å². The van der Waals surface area contributed by atoms with Crippen molar-refractivity contribution in [2.24, 2.45) is 0 Å². The Labute approximate surface area is 173 Å². The third kappa shape index (κ3) is 5.16. The number of amides is 1. The van der Waals surface area contributed by atoms with E-state index in [1.54, 1.807) is 18.1 Å². The molecule has 0 spiro atoms. The van der Waals surface area contributed by atoms with Crippen LogP contribution in [-0.4, -0.2) is 67.7 Å². The number of piperazine rings is 1. The number of aromatic nitrogens is 2. The molecule has 1 aromatic carbocycles. The average Bonchev–Trinajstić information content (AvgIpc) is 2.76. The highest BCUT2D eigenvalue weighted by Crippen LogP contribution is 2.22. The second-order valence-electron chi connectivity index (χ2n) is 7.45. The maximum Gasteiger partial charge on any atom is 0.272 e. The van der Waals surface area contributed by atoms with Gasteiger partial charge in [-0.1, -0.05) is 13.3 Å². The van der Waals surface area contributed by atoms with Crippen molar-refractivity contribution in [1.82, 2.24) is 14.9 Å². The number of benzene rings is 1. The van der Waals surface area contributed by atoms with Crippen molar-refractivity contribution in [2.75, 3.05) is 56.7 Å². The molecule has 0 bridgehead atoms. The predicted octanol–water partition coefficient (Wildman–Crippen LogP) is 2.99. The van der Waals surface area contributed by atoms with Crippen molar-refractivity contribution in [3.05, 3.63) is 41.7 Å². The minimum atomic E-state index is -0.0398. The zero-order valence-electron chi connectivity index (χ0n) is 17.9. The van der Waals surface area contributed by atoms with Gasteiger partial charge in [0.2, 0.25) is 5.95 Å². The molecule has 1 fully saturated rings. The van der Waals surface area contributed by atoms with Crippen molar-refractivity contribution >= 4 is 17.5 Å². The summed E-state index contributed by atoms with van der Waals surface area (Å²) in [4.78, 5) is 28.2. The Morgan fingerprint density at radius 2 is 1.76 bits per heavy atom. The van der Waals surface area contributed by atoms with Gasteiger partial charge in [0, 0.05) is 51.2 Å². The zero-order valence-corrected chi connectivity index (χ0v) is 17.9. The lowest BCUT2D eigenvalue weighted by atomic mass is 10.2. The van der Waals surface area contributed by atoms with Crippen molar-refractivity contribution < 1.29 is 9.53 Å². The monoisotopic (exact) mass is 397 g/mol. The standard InChI is InChI=1S/C22H31N5O2/c1-5-6-11-25(3)21(28)20-16-17(2)23-22(24-20)27-14-12-26(13-15-27)18-7-9-19(29-4)10-8-18/h7-10,16H,5-6,11-15H2,1-4H3. The van der Waals surface area contributed by atoms with Crippen LogP contribution in [0, 0.1) is 6.92 Å². The average molecular weight is 398 g/mol. The number of methoxy groups -OCH3 is 1. The minimum Gasteiger partial charge on any atom is -0.497 e. The van der Waals surface area contributed by atoms with E-state index in [0.29, 0.717) is 11.6 Å². The molecule has 0 unspecified atom stereocenters. The normalized spacial score (nSPS) is 14.1. The van der Waals surface area contributed by atoms with Crippen molar-refractivity contribution in [1.29, 1.82) is 0 Å². The molecule has 1 amide bonds. The highest BCUT2D eigenvalue weighted by molar-refractivity contribution is 5.92. The van der Waals surface area contributed by atoms with E-state index < -0.39 is 0 Å². The molecule has 1 aromatic heterocycles. The van der Waals surface area contributed by atoms with E-state index in [1.807, 2.05) is 26.1 Å². The molecule has 1 aliphatic heterocycles. The molecule has 2 heterocycles. The lowest BCUT2D eigenvalue weighted by Gasteiger charge is -2.36. The van der Waals surface area contributed by atoms with Gasteiger partial charge in [-0.15, -0.1) is 0 Å². The Bertz CT molecular complexity index is 816. The molecule has 7 nitrogen and oxygen atoms in total. The first-order chi connectivity index (χ1) is 14.0. The smallest absolute Gasteiger partial charge is 0.272 e. The molecule has 0 saturated carbocycles. The summed E-state index contributed by atoms with van der Waals surface area (Å²) in [5, 5.41) is 0. The summed E-state index contributed by atoms with van der Waals surface area (Å²) < 4.78 is 5.24. The van der Waals surface area contributed by atoms with Gasteiger partial charge in [-0.2, -0.15) is 0 Å². The van der Waals surface area contributed by atoms with Crippen LogP contribution in [0.25, 0.3) is 0 Å². The molecule has 29 heavy (non-hydrogen) atoms. The summed E-state index contributed by atoms with van der Waals surface area (Å²) in [5.41, 5.74) is 2.48. The summed E-state index contributed by atoms with van der Waals surface area (Å²) in [5.74, 6) is 1.47. The first-order valence-corrected chi connectivity index (χ1v) is 10.3. The molecule has 156 valence electrons. The number of unbranched alkanes of at least 4 members (excludes halogenated alkanes) is 1. The third-order valence-electron chi connectivity index (χ3n) is 5.26. The van der Waals surface area contributed by atoms with E-state index in [-0.39, 0.29) is 5.91 Å². The first-order valence-electron chi connectivity index (χ1n) is 10.3. The fourth-order valence-corrected chi connectivity index (χ4v) is 3.45. The number of carbonyl (C=O) groups excluding carboxylic acids is 1. The van der Waals surface area contributed by atoms with Crippen molar-refractivity contribution in [2.45, 2.75) is 26.7 Å². The fourth-order valence-electron chi connectivity index (χ4n) is 3.45. The quantitative estimate of drug-likeness (QED) is 0.716. The maximum atomic E-state index is 12.7. The molecule has 1 saturated heterocycles. The fraction of sp³-hybridized carbons (Fsp3) is 0.500. The van der Waals surface area contributed by atoms with Crippen LogP contribution < -0.4 is 14.5 Å². The maximum absolute atomic E-state index is 12.7. The number of ether oxygens (including phenoxy) is 1. The second kappa shape index (κ2) is 9.58. The molecular weight excluding hydrogens is 366 g/mol. The number of carbonyl (C=O) groups is 1. The number of aryl methyl sites for hydroxylation is 1. The van der Waals surface area contributed by atoms with Crippen LogP contribution in [0.5, 0.6) is 5.75 Å². The van der Waals surface area contributed by atoms with E-state index in [9.17, 15) is 4.79 Å². The Kier molecular flexibility index (Phi) is 6.90. The highest BCUT2D eigenvalue weighted by atomic mass is 16.5. The Morgan fingerprint density at radius 3 is 2.38 bits per heavy atom. The van der Waals surface area contributed by atoms with Crippen LogP contribution >= 0.6 is 0 Å². The largest absolute Gasteiger partial charge is 0.497 e. The van der Waals surface area contributed by atoms with Gasteiger partial charge in [0.25, 0.3) is 5.91 Å². The van der Waals surface area contributed by atoms with Gasteiger partial charge in [-0.25, -0.2) is 9.97 Å². The lowest BCUT2D eigenvalue weighted by molar-refractivity contribution is 0.0787. The Hall–Kier alpha value is -2.83. The van der Waals surface area contributed by atoms with E-state index in [4.69, 9.17) is 4.74 Å². The van der Waals surface area contributed by atoms with E-state index >= 15 is 0 Å². The molecule has 3 rings (SSSR count). The van der Waals surface area contributed by atoms with Crippen LogP contribution in [0.1, 0.15) is 35.9 Å². The van der Waals surface area contributed by atoms with Crippen molar-refractivity contribution in [3.8, 4) is 5.75 Å². The molecule has 2 aromatic rings. The predicted molar refractivity (Wildman–Crippen MR) is 116 cm³/mol. The topological polar surface area (TPSA) is 61.8 Å². The number of hydrogen-bond donors (Lipinski definition) is 0. The molecule has 0 atom stereocenters. The molecule has 7 heteroatoms. The van der Waals surface area contributed by atoms with Crippen LogP contribution in [-0.2, 0) is 0 Å². The van der Waals surface area contributed by atoms with Gasteiger partial charge < -0.3 is 19.4 Å². The SMILES string of the molecule is CCCCN(C)C(=O)c1cc(C)nc(N2CCN(c3ccc(OC)cc3)CC2)n1. The van der Waals surface area contributed by atoms with E-state index in [1.165, 1.54) is 5.69 Å². The second-order valence-corrected chi connectivity index (χ2v) is 7.45. The van der Waals surface area contributed by atoms with Crippen LogP contribution in [0.2, 0.25) is 0 Å². The summed E-state index contributed by atoms with van der Waals surface area (Å²) in [7, 11) is 3.51. The summed E-state index contributed by atoms with van der Waals surface area (Å²) >= 11 is 0. The van der Waals surface area contributed by atoms with Crippen LogP contribution in [0.3, 0.4) is 0 Å². The zero-order chi connectivity index (χ0) is 20.8. The van der Waals surface area contributed by atoms with Gasteiger partial charge in [-0.05, 0) is 43.7 Å². The lowest BCUT2D eigenvalue weighted by Crippen LogP contribution is -2.47. The number of rotatable bonds is 7. The Morgan fingerprint density at radius 1 is 1.10 bits per heavy atom. The molecular formula is C22H31N5O2. The van der Waals surface area contributed by atoms with Crippen LogP contribution in [0.15, 0.2) is 30.3 Å². The van der Waals surface area contributed by atoms with Gasteiger partial charge in [0.15, 0.2) is 0 Å². The minimum absolute atomic E-state index is 0.0398. The van der Waals surface area contributed by atoms with Gasteiger partial charge in [0.1, 0.15) is 11.4 Å². The summed E-state index contributed by atoms with van der Waals surface area (Å²) in [6.45, 7) is 8.17. The Balaban J connectivity index is 1.67. The molecule has 0 radical (unpaired) electrons. The highest BCUT2D eigenvalue weighted by Gasteiger charge is 2.22. The van der Waals surface area contributed by atoms with Crippen LogP contribution in [0.4, 0.5) is 11.6 Å². The number of anilines is 2.